The van der Waals surface area contributed by atoms with E-state index in [1.165, 1.54) is 17.3 Å². The zero-order valence-electron chi connectivity index (χ0n) is 10.9. The quantitative estimate of drug-likeness (QED) is 0.800. The monoisotopic (exact) mass is 288 g/mol. The van der Waals surface area contributed by atoms with Gasteiger partial charge in [0, 0.05) is 23.5 Å². The van der Waals surface area contributed by atoms with E-state index in [0.29, 0.717) is 16.7 Å². The Labute approximate surface area is 119 Å². The van der Waals surface area contributed by atoms with Crippen LogP contribution in [0.5, 0.6) is 0 Å². The number of rotatable bonds is 4. The van der Waals surface area contributed by atoms with Gasteiger partial charge in [-0.25, -0.2) is 14.4 Å². The predicted molar refractivity (Wildman–Crippen MR) is 78.4 cm³/mol. The molecule has 0 saturated heterocycles. The number of nitrogens with one attached hydrogen (secondary N) is 1. The highest BCUT2D eigenvalue weighted by Gasteiger charge is 2.11. The summed E-state index contributed by atoms with van der Waals surface area (Å²) in [4.78, 5) is 13.5. The summed E-state index contributed by atoms with van der Waals surface area (Å²) in [5, 5.41) is 3.69. The molecule has 1 atom stereocenters. The average Bonchev–Trinajstić information content (AvgIpc) is 2.92. The number of halogens is 1. The van der Waals surface area contributed by atoms with Crippen LogP contribution in [0.25, 0.3) is 10.9 Å². The van der Waals surface area contributed by atoms with E-state index < -0.39 is 0 Å². The Balaban J connectivity index is 1.87. The molecule has 0 amide bonds. The number of benzene rings is 1. The first-order chi connectivity index (χ1) is 9.74. The topological polar surface area (TPSA) is 50.7 Å². The van der Waals surface area contributed by atoms with E-state index in [-0.39, 0.29) is 11.9 Å². The minimum absolute atomic E-state index is 0.133. The highest BCUT2D eigenvalue weighted by atomic mass is 32.1. The molecule has 0 aliphatic carbocycles. The Morgan fingerprint density at radius 1 is 1.35 bits per heavy atom. The third kappa shape index (κ3) is 2.60. The molecule has 0 fully saturated rings. The first-order valence-corrected chi connectivity index (χ1v) is 7.15. The summed E-state index contributed by atoms with van der Waals surface area (Å²) < 4.78 is 13.9. The number of fused-ring (bicyclic) bond motifs is 1. The van der Waals surface area contributed by atoms with Crippen molar-refractivity contribution < 1.29 is 4.39 Å². The van der Waals surface area contributed by atoms with Crippen molar-refractivity contribution in [2.75, 3.05) is 5.32 Å². The van der Waals surface area contributed by atoms with E-state index in [4.69, 9.17) is 0 Å². The Morgan fingerprint density at radius 2 is 2.25 bits per heavy atom. The SMILES string of the molecule is C[C@H](Cc1cncs1)Nc1ncnc2cccc(F)c12. The second kappa shape index (κ2) is 5.50. The van der Waals surface area contributed by atoms with Crippen LogP contribution in [0.4, 0.5) is 10.2 Å². The third-order valence-corrected chi connectivity index (χ3v) is 3.79. The van der Waals surface area contributed by atoms with Gasteiger partial charge in [0.2, 0.25) is 0 Å². The van der Waals surface area contributed by atoms with Gasteiger partial charge in [-0.05, 0) is 19.1 Å². The molecular formula is C14H13FN4S. The molecule has 3 aromatic rings. The summed E-state index contributed by atoms with van der Waals surface area (Å²) in [6.45, 7) is 2.04. The lowest BCUT2D eigenvalue weighted by atomic mass is 10.2. The van der Waals surface area contributed by atoms with Gasteiger partial charge in [-0.15, -0.1) is 11.3 Å². The fraction of sp³-hybridized carbons (Fsp3) is 0.214. The van der Waals surface area contributed by atoms with Gasteiger partial charge in [0.1, 0.15) is 18.0 Å². The Morgan fingerprint density at radius 3 is 3.05 bits per heavy atom. The highest BCUT2D eigenvalue weighted by Crippen LogP contribution is 2.23. The van der Waals surface area contributed by atoms with Crippen molar-refractivity contribution in [1.29, 1.82) is 0 Å². The molecule has 1 N–H and O–H groups in total. The molecule has 20 heavy (non-hydrogen) atoms. The Kier molecular flexibility index (Phi) is 3.56. The molecule has 0 radical (unpaired) electrons. The summed E-state index contributed by atoms with van der Waals surface area (Å²) in [7, 11) is 0. The van der Waals surface area contributed by atoms with Crippen LogP contribution in [0.3, 0.4) is 0 Å². The second-order valence-electron chi connectivity index (χ2n) is 4.57. The predicted octanol–water partition coefficient (Wildman–Crippen LogP) is 3.27. The van der Waals surface area contributed by atoms with Gasteiger partial charge in [-0.1, -0.05) is 6.07 Å². The summed E-state index contributed by atoms with van der Waals surface area (Å²) in [6.07, 6.45) is 4.12. The van der Waals surface area contributed by atoms with E-state index in [1.54, 1.807) is 23.5 Å². The Bertz CT molecular complexity index is 709. The van der Waals surface area contributed by atoms with Crippen LogP contribution >= 0.6 is 11.3 Å². The number of nitrogens with zero attached hydrogens (tertiary/aromatic N) is 3. The lowest BCUT2D eigenvalue weighted by Crippen LogP contribution is -2.18. The van der Waals surface area contributed by atoms with E-state index in [2.05, 4.69) is 20.3 Å². The highest BCUT2D eigenvalue weighted by molar-refractivity contribution is 7.09. The minimum atomic E-state index is -0.310. The normalized spacial score (nSPS) is 12.5. The standard InChI is InChI=1S/C14H13FN4S/c1-9(5-10-6-16-8-20-10)19-14-13-11(15)3-2-4-12(13)17-7-18-14/h2-4,6-9H,5H2,1H3,(H,17,18,19)/t9-/m1/s1. The van der Waals surface area contributed by atoms with Crippen molar-refractivity contribution in [2.24, 2.45) is 0 Å². The molecule has 2 aromatic heterocycles. The van der Waals surface area contributed by atoms with Crippen LogP contribution in [0.2, 0.25) is 0 Å². The number of hydrogen-bond donors (Lipinski definition) is 1. The van der Waals surface area contributed by atoms with Crippen molar-refractivity contribution in [3.63, 3.8) is 0 Å². The summed E-state index contributed by atoms with van der Waals surface area (Å²) in [5.74, 6) is 0.223. The summed E-state index contributed by atoms with van der Waals surface area (Å²) in [5.41, 5.74) is 2.41. The maximum atomic E-state index is 13.9. The molecule has 2 heterocycles. The first kappa shape index (κ1) is 12.9. The van der Waals surface area contributed by atoms with E-state index in [0.717, 1.165) is 6.42 Å². The van der Waals surface area contributed by atoms with Gasteiger partial charge in [0.25, 0.3) is 0 Å². The maximum absolute atomic E-state index is 13.9. The second-order valence-corrected chi connectivity index (χ2v) is 5.54. The van der Waals surface area contributed by atoms with Crippen LogP contribution in [0.15, 0.2) is 36.2 Å². The number of aromatic nitrogens is 3. The molecule has 0 unspecified atom stereocenters. The number of anilines is 1. The van der Waals surface area contributed by atoms with Gasteiger partial charge < -0.3 is 5.32 Å². The molecule has 1 aromatic carbocycles. The van der Waals surface area contributed by atoms with E-state index >= 15 is 0 Å². The molecule has 0 bridgehead atoms. The van der Waals surface area contributed by atoms with Gasteiger partial charge in [0.15, 0.2) is 0 Å². The van der Waals surface area contributed by atoms with Crippen molar-refractivity contribution in [2.45, 2.75) is 19.4 Å². The van der Waals surface area contributed by atoms with Gasteiger partial charge >= 0.3 is 0 Å². The molecule has 3 rings (SSSR count). The molecule has 102 valence electrons. The van der Waals surface area contributed by atoms with Crippen molar-refractivity contribution in [3.05, 3.63) is 46.9 Å². The van der Waals surface area contributed by atoms with Crippen molar-refractivity contribution in [3.8, 4) is 0 Å². The minimum Gasteiger partial charge on any atom is -0.367 e. The molecule has 4 nitrogen and oxygen atoms in total. The van der Waals surface area contributed by atoms with Crippen molar-refractivity contribution in [1.82, 2.24) is 15.0 Å². The fourth-order valence-electron chi connectivity index (χ4n) is 2.11. The van der Waals surface area contributed by atoms with Gasteiger partial charge in [-0.3, -0.25) is 4.98 Å². The third-order valence-electron chi connectivity index (χ3n) is 2.99. The zero-order valence-corrected chi connectivity index (χ0v) is 11.7. The average molecular weight is 288 g/mol. The molecule has 0 spiro atoms. The molecular weight excluding hydrogens is 275 g/mol. The van der Waals surface area contributed by atoms with E-state index in [1.807, 2.05) is 18.6 Å². The van der Waals surface area contributed by atoms with Crippen LogP contribution < -0.4 is 5.32 Å². The molecule has 6 heteroatoms. The van der Waals surface area contributed by atoms with Crippen LogP contribution in [0.1, 0.15) is 11.8 Å². The van der Waals surface area contributed by atoms with Gasteiger partial charge in [-0.2, -0.15) is 0 Å². The summed E-state index contributed by atoms with van der Waals surface area (Å²) in [6, 6.07) is 4.98. The molecule has 0 aliphatic heterocycles. The Hall–Kier alpha value is -2.08. The lowest BCUT2D eigenvalue weighted by molar-refractivity contribution is 0.639. The van der Waals surface area contributed by atoms with Crippen LogP contribution in [-0.2, 0) is 6.42 Å². The largest absolute Gasteiger partial charge is 0.367 e. The smallest absolute Gasteiger partial charge is 0.140 e. The zero-order chi connectivity index (χ0) is 13.9. The lowest BCUT2D eigenvalue weighted by Gasteiger charge is -2.15. The molecule has 0 aliphatic rings. The van der Waals surface area contributed by atoms with E-state index in [9.17, 15) is 4.39 Å². The maximum Gasteiger partial charge on any atom is 0.140 e. The number of thiazole rings is 1. The molecule has 0 saturated carbocycles. The fourth-order valence-corrected chi connectivity index (χ4v) is 2.83. The van der Waals surface area contributed by atoms with Crippen LogP contribution in [-0.4, -0.2) is 21.0 Å². The first-order valence-electron chi connectivity index (χ1n) is 6.27. The number of hydrogen-bond acceptors (Lipinski definition) is 5. The van der Waals surface area contributed by atoms with Crippen LogP contribution in [0, 0.1) is 5.82 Å². The van der Waals surface area contributed by atoms with Gasteiger partial charge in [0.05, 0.1) is 16.4 Å². The van der Waals surface area contributed by atoms with Crippen molar-refractivity contribution >= 4 is 28.1 Å². The summed E-state index contributed by atoms with van der Waals surface area (Å²) >= 11 is 1.61.